The maximum Gasteiger partial charge on any atom is 0.251 e. The second kappa shape index (κ2) is 9.12. The number of likely N-dealkylation sites (tertiary alicyclic amines) is 1. The molecule has 1 aromatic rings. The van der Waals surface area contributed by atoms with Crippen molar-refractivity contribution in [2.75, 3.05) is 45.6 Å². The third-order valence-electron chi connectivity index (χ3n) is 3.82. The average molecular weight is 323 g/mol. The topological polar surface area (TPSA) is 54.5 Å². The molecule has 22 heavy (non-hydrogen) atoms. The van der Waals surface area contributed by atoms with E-state index in [9.17, 15) is 4.79 Å². The summed E-state index contributed by atoms with van der Waals surface area (Å²) in [6, 6.07) is 3.64. The number of carbonyl (C=O) groups excluding carboxylic acids is 1. The van der Waals surface area contributed by atoms with Crippen LogP contribution in [0.15, 0.2) is 23.4 Å². The van der Waals surface area contributed by atoms with Crippen LogP contribution in [0.2, 0.25) is 0 Å². The molecule has 1 aliphatic heterocycles. The van der Waals surface area contributed by atoms with Gasteiger partial charge in [-0.3, -0.25) is 4.79 Å². The van der Waals surface area contributed by atoms with Crippen molar-refractivity contribution in [2.45, 2.75) is 18.4 Å². The molecule has 1 atom stereocenters. The smallest absolute Gasteiger partial charge is 0.251 e. The Balaban J connectivity index is 1.77. The lowest BCUT2D eigenvalue weighted by Crippen LogP contribution is -2.31. The van der Waals surface area contributed by atoms with Gasteiger partial charge in [-0.1, -0.05) is 6.92 Å². The number of amides is 1. The van der Waals surface area contributed by atoms with Gasteiger partial charge in [-0.15, -0.1) is 11.8 Å². The van der Waals surface area contributed by atoms with Crippen molar-refractivity contribution in [3.8, 4) is 0 Å². The van der Waals surface area contributed by atoms with E-state index < -0.39 is 0 Å². The summed E-state index contributed by atoms with van der Waals surface area (Å²) < 4.78 is 5.11. The quantitative estimate of drug-likeness (QED) is 0.741. The summed E-state index contributed by atoms with van der Waals surface area (Å²) in [7, 11) is 1.73. The van der Waals surface area contributed by atoms with Crippen LogP contribution in [0.3, 0.4) is 0 Å². The van der Waals surface area contributed by atoms with Crippen LogP contribution >= 0.6 is 11.8 Å². The lowest BCUT2D eigenvalue weighted by molar-refractivity contribution is 0.0946. The number of nitrogens with one attached hydrogen (secondary N) is 1. The van der Waals surface area contributed by atoms with Crippen molar-refractivity contribution in [1.82, 2.24) is 15.2 Å². The molecule has 1 fully saturated rings. The molecule has 2 rings (SSSR count). The average Bonchev–Trinajstić information content (AvgIpc) is 2.99. The van der Waals surface area contributed by atoms with Gasteiger partial charge in [-0.25, -0.2) is 4.98 Å². The molecule has 0 unspecified atom stereocenters. The third kappa shape index (κ3) is 5.26. The van der Waals surface area contributed by atoms with Gasteiger partial charge >= 0.3 is 0 Å². The molecule has 6 heteroatoms. The summed E-state index contributed by atoms with van der Waals surface area (Å²) in [5, 5.41) is 3.96. The van der Waals surface area contributed by atoms with Gasteiger partial charge < -0.3 is 15.0 Å². The van der Waals surface area contributed by atoms with Crippen LogP contribution in [-0.2, 0) is 4.74 Å². The van der Waals surface area contributed by atoms with Gasteiger partial charge in [0.15, 0.2) is 0 Å². The predicted octanol–water partition coefficient (Wildman–Crippen LogP) is 1.89. The molecule has 1 amide bonds. The van der Waals surface area contributed by atoms with E-state index in [0.29, 0.717) is 11.5 Å². The molecule has 1 aromatic heterocycles. The molecule has 0 aromatic carbocycles. The van der Waals surface area contributed by atoms with Crippen molar-refractivity contribution in [2.24, 2.45) is 5.92 Å². The first-order valence-corrected chi connectivity index (χ1v) is 8.79. The SMILES string of the molecule is CCSc1cc(C(=O)NC[C@H]2CCN(CCOC)C2)ccn1. The predicted molar refractivity (Wildman–Crippen MR) is 89.4 cm³/mol. The Hall–Kier alpha value is -1.11. The molecule has 1 aliphatic rings. The van der Waals surface area contributed by atoms with Gasteiger partial charge in [-0.05, 0) is 36.8 Å². The maximum atomic E-state index is 12.2. The monoisotopic (exact) mass is 323 g/mol. The number of hydrogen-bond acceptors (Lipinski definition) is 5. The summed E-state index contributed by atoms with van der Waals surface area (Å²) in [6.07, 6.45) is 2.84. The standard InChI is InChI=1S/C16H25N3O2S/c1-3-22-15-10-14(4-6-17-15)16(20)18-11-13-5-7-19(12-13)8-9-21-2/h4,6,10,13H,3,5,7-9,11-12H2,1-2H3,(H,18,20)/t13-/m1/s1. The van der Waals surface area contributed by atoms with Crippen LogP contribution in [0, 0.1) is 5.92 Å². The molecule has 1 N–H and O–H groups in total. The Morgan fingerprint density at radius 1 is 1.59 bits per heavy atom. The fourth-order valence-electron chi connectivity index (χ4n) is 2.62. The van der Waals surface area contributed by atoms with Crippen molar-refractivity contribution in [1.29, 1.82) is 0 Å². The third-order valence-corrected chi connectivity index (χ3v) is 4.63. The van der Waals surface area contributed by atoms with Crippen molar-refractivity contribution in [3.63, 3.8) is 0 Å². The Bertz CT molecular complexity index is 484. The van der Waals surface area contributed by atoms with Crippen LogP contribution in [0.4, 0.5) is 0 Å². The zero-order valence-electron chi connectivity index (χ0n) is 13.4. The van der Waals surface area contributed by atoms with Crippen LogP contribution in [0.5, 0.6) is 0 Å². The van der Waals surface area contributed by atoms with Gasteiger partial charge in [0.25, 0.3) is 5.91 Å². The van der Waals surface area contributed by atoms with E-state index in [-0.39, 0.29) is 5.91 Å². The lowest BCUT2D eigenvalue weighted by atomic mass is 10.1. The number of methoxy groups -OCH3 is 1. The molecule has 0 saturated carbocycles. The number of pyridine rings is 1. The van der Waals surface area contributed by atoms with Gasteiger partial charge in [0.05, 0.1) is 11.6 Å². The highest BCUT2D eigenvalue weighted by Crippen LogP contribution is 2.17. The zero-order chi connectivity index (χ0) is 15.8. The molecular weight excluding hydrogens is 298 g/mol. The Morgan fingerprint density at radius 2 is 2.45 bits per heavy atom. The minimum absolute atomic E-state index is 0.00399. The first-order chi connectivity index (χ1) is 10.7. The van der Waals surface area contributed by atoms with Gasteiger partial charge in [0.1, 0.15) is 0 Å². The van der Waals surface area contributed by atoms with Crippen molar-refractivity contribution < 1.29 is 9.53 Å². The number of aromatic nitrogens is 1. The Kier molecular flexibility index (Phi) is 7.15. The molecule has 2 heterocycles. The molecule has 5 nitrogen and oxygen atoms in total. The molecule has 0 spiro atoms. The highest BCUT2D eigenvalue weighted by molar-refractivity contribution is 7.99. The fourth-order valence-corrected chi connectivity index (χ4v) is 3.26. The number of carbonyl (C=O) groups is 1. The second-order valence-electron chi connectivity index (χ2n) is 5.47. The summed E-state index contributed by atoms with van der Waals surface area (Å²) in [4.78, 5) is 18.9. The minimum Gasteiger partial charge on any atom is -0.383 e. The summed E-state index contributed by atoms with van der Waals surface area (Å²) in [5.41, 5.74) is 0.695. The second-order valence-corrected chi connectivity index (χ2v) is 6.76. The molecule has 0 radical (unpaired) electrons. The molecule has 0 bridgehead atoms. The van der Waals surface area contributed by atoms with E-state index in [1.807, 2.05) is 6.07 Å². The highest BCUT2D eigenvalue weighted by atomic mass is 32.2. The number of rotatable bonds is 8. The van der Waals surface area contributed by atoms with Gasteiger partial charge in [0, 0.05) is 38.5 Å². The van der Waals surface area contributed by atoms with Crippen molar-refractivity contribution >= 4 is 17.7 Å². The van der Waals surface area contributed by atoms with Gasteiger partial charge in [0.2, 0.25) is 0 Å². The molecular formula is C16H25N3O2S. The fraction of sp³-hybridized carbons (Fsp3) is 0.625. The van der Waals surface area contributed by atoms with Crippen LogP contribution in [0.1, 0.15) is 23.7 Å². The van der Waals surface area contributed by atoms with E-state index in [1.165, 1.54) is 0 Å². The number of thioether (sulfide) groups is 1. The van der Waals surface area contributed by atoms with Gasteiger partial charge in [-0.2, -0.15) is 0 Å². The van der Waals surface area contributed by atoms with Crippen LogP contribution in [-0.4, -0.2) is 61.4 Å². The number of ether oxygens (including phenoxy) is 1. The largest absolute Gasteiger partial charge is 0.383 e. The summed E-state index contributed by atoms with van der Waals surface area (Å²) in [5.74, 6) is 1.49. The van der Waals surface area contributed by atoms with E-state index >= 15 is 0 Å². The number of hydrogen-bond donors (Lipinski definition) is 1. The molecule has 0 aliphatic carbocycles. The first kappa shape index (κ1) is 17.2. The van der Waals surface area contributed by atoms with Crippen LogP contribution in [0.25, 0.3) is 0 Å². The highest BCUT2D eigenvalue weighted by Gasteiger charge is 2.22. The van der Waals surface area contributed by atoms with E-state index in [1.54, 1.807) is 31.1 Å². The summed E-state index contributed by atoms with van der Waals surface area (Å²) >= 11 is 1.65. The van der Waals surface area contributed by atoms with E-state index in [2.05, 4.69) is 22.1 Å². The van der Waals surface area contributed by atoms with E-state index in [0.717, 1.165) is 50.0 Å². The zero-order valence-corrected chi connectivity index (χ0v) is 14.2. The molecule has 1 saturated heterocycles. The Labute approximate surface area is 136 Å². The van der Waals surface area contributed by atoms with Crippen molar-refractivity contribution in [3.05, 3.63) is 23.9 Å². The maximum absolute atomic E-state index is 12.2. The lowest BCUT2D eigenvalue weighted by Gasteiger charge is -2.15. The number of nitrogens with zero attached hydrogens (tertiary/aromatic N) is 2. The Morgan fingerprint density at radius 3 is 3.23 bits per heavy atom. The normalized spacial score (nSPS) is 18.5. The molecule has 122 valence electrons. The van der Waals surface area contributed by atoms with Crippen LogP contribution < -0.4 is 5.32 Å². The van der Waals surface area contributed by atoms with E-state index in [4.69, 9.17) is 4.74 Å². The summed E-state index contributed by atoms with van der Waals surface area (Å²) in [6.45, 7) is 6.69. The minimum atomic E-state index is -0.00399. The first-order valence-electron chi connectivity index (χ1n) is 7.81.